The summed E-state index contributed by atoms with van der Waals surface area (Å²) < 4.78 is 56.7. The first-order chi connectivity index (χ1) is 18.3. The van der Waals surface area contributed by atoms with E-state index in [1.54, 1.807) is 43.3 Å². The van der Waals surface area contributed by atoms with Crippen LogP contribution in [0.1, 0.15) is 27.0 Å². The molecule has 202 valence electrons. The number of rotatable bonds is 8. The maximum atomic E-state index is 13.1. The van der Waals surface area contributed by atoms with Crippen LogP contribution in [-0.2, 0) is 20.0 Å². The average Bonchev–Trinajstić information content (AvgIpc) is 2.83. The van der Waals surface area contributed by atoms with Gasteiger partial charge in [0.15, 0.2) is 0 Å². The van der Waals surface area contributed by atoms with E-state index < -0.39 is 26.0 Å². The van der Waals surface area contributed by atoms with Crippen LogP contribution in [0.5, 0.6) is 0 Å². The van der Waals surface area contributed by atoms with Crippen molar-refractivity contribution in [3.63, 3.8) is 0 Å². The van der Waals surface area contributed by atoms with Gasteiger partial charge in [-0.1, -0.05) is 29.8 Å². The van der Waals surface area contributed by atoms with Crippen LogP contribution >= 0.6 is 11.6 Å². The van der Waals surface area contributed by atoms with Gasteiger partial charge >= 0.3 is 0 Å². The third kappa shape index (κ3) is 6.97. The summed E-state index contributed by atoms with van der Waals surface area (Å²) in [6.07, 6.45) is 0. The Bertz CT molecular complexity index is 1750. The van der Waals surface area contributed by atoms with Crippen LogP contribution in [0.25, 0.3) is 0 Å². The summed E-state index contributed by atoms with van der Waals surface area (Å²) in [5, 5.41) is 3.06. The minimum atomic E-state index is -3.97. The maximum absolute atomic E-state index is 13.1. The number of carbonyl (C=O) groups excluding carboxylic acids is 1. The monoisotopic (exact) mass is 583 g/mol. The Morgan fingerprint density at radius 2 is 1.31 bits per heavy atom. The van der Waals surface area contributed by atoms with Crippen molar-refractivity contribution in [3.8, 4) is 0 Å². The number of anilines is 3. The van der Waals surface area contributed by atoms with Gasteiger partial charge in [-0.15, -0.1) is 0 Å². The second-order valence-electron chi connectivity index (χ2n) is 9.06. The predicted octanol–water partition coefficient (Wildman–Crippen LogP) is 6.12. The molecule has 39 heavy (non-hydrogen) atoms. The molecule has 0 radical (unpaired) electrons. The molecule has 4 aromatic rings. The molecular weight excluding hydrogens is 558 g/mol. The lowest BCUT2D eigenvalue weighted by Crippen LogP contribution is -2.17. The molecule has 1 amide bonds. The molecule has 0 aromatic heterocycles. The van der Waals surface area contributed by atoms with Crippen molar-refractivity contribution >= 4 is 54.6 Å². The van der Waals surface area contributed by atoms with Crippen LogP contribution in [-0.4, -0.2) is 22.7 Å². The normalized spacial score (nSPS) is 11.6. The number of amides is 1. The number of halogens is 1. The van der Waals surface area contributed by atoms with Crippen LogP contribution < -0.4 is 14.8 Å². The van der Waals surface area contributed by atoms with E-state index in [0.29, 0.717) is 27.6 Å². The van der Waals surface area contributed by atoms with Gasteiger partial charge in [0.2, 0.25) is 0 Å². The number of nitrogens with one attached hydrogen (secondary N) is 3. The highest BCUT2D eigenvalue weighted by molar-refractivity contribution is 7.93. The summed E-state index contributed by atoms with van der Waals surface area (Å²) in [7, 11) is -7.85. The zero-order valence-electron chi connectivity index (χ0n) is 21.3. The van der Waals surface area contributed by atoms with Gasteiger partial charge in [0.05, 0.1) is 15.5 Å². The zero-order valence-corrected chi connectivity index (χ0v) is 23.7. The molecule has 0 saturated heterocycles. The van der Waals surface area contributed by atoms with Crippen LogP contribution in [0, 0.1) is 20.8 Å². The molecule has 11 heteroatoms. The number of carbonyl (C=O) groups is 1. The van der Waals surface area contributed by atoms with E-state index in [-0.39, 0.29) is 15.4 Å². The molecule has 8 nitrogen and oxygen atoms in total. The summed E-state index contributed by atoms with van der Waals surface area (Å²) in [4.78, 5) is 12.9. The summed E-state index contributed by atoms with van der Waals surface area (Å²) >= 11 is 5.92. The first-order valence-electron chi connectivity index (χ1n) is 11.7. The van der Waals surface area contributed by atoms with Gasteiger partial charge < -0.3 is 5.32 Å². The van der Waals surface area contributed by atoms with Crippen LogP contribution in [0.3, 0.4) is 0 Å². The highest BCUT2D eigenvalue weighted by Crippen LogP contribution is 2.24. The molecule has 0 aliphatic heterocycles. The highest BCUT2D eigenvalue weighted by atomic mass is 35.5. The van der Waals surface area contributed by atoms with Crippen LogP contribution in [0.2, 0.25) is 5.02 Å². The predicted molar refractivity (Wildman–Crippen MR) is 155 cm³/mol. The van der Waals surface area contributed by atoms with Crippen molar-refractivity contribution in [1.29, 1.82) is 0 Å². The molecule has 0 heterocycles. The molecule has 4 aromatic carbocycles. The summed E-state index contributed by atoms with van der Waals surface area (Å²) in [5.74, 6) is -0.550. The van der Waals surface area contributed by atoms with Crippen LogP contribution in [0.15, 0.2) is 94.7 Å². The van der Waals surface area contributed by atoms with Gasteiger partial charge in [0, 0.05) is 22.0 Å². The Hall–Kier alpha value is -3.86. The van der Waals surface area contributed by atoms with Gasteiger partial charge in [-0.25, -0.2) is 16.8 Å². The number of aryl methyl sites for hydroxylation is 3. The van der Waals surface area contributed by atoms with Crippen molar-refractivity contribution in [3.05, 3.63) is 112 Å². The first kappa shape index (κ1) is 28.2. The van der Waals surface area contributed by atoms with Gasteiger partial charge in [-0.3, -0.25) is 14.2 Å². The van der Waals surface area contributed by atoms with E-state index in [1.807, 2.05) is 19.9 Å². The van der Waals surface area contributed by atoms with Gasteiger partial charge in [-0.05, 0) is 104 Å². The number of hydrogen-bond acceptors (Lipinski definition) is 5. The fraction of sp³-hybridized carbons (Fsp3) is 0.107. The molecule has 0 aliphatic rings. The van der Waals surface area contributed by atoms with E-state index in [0.717, 1.165) is 11.1 Å². The summed E-state index contributed by atoms with van der Waals surface area (Å²) in [6.45, 7) is 5.39. The molecule has 0 atom stereocenters. The minimum Gasteiger partial charge on any atom is -0.322 e. The minimum absolute atomic E-state index is 0.0124. The second-order valence-corrected chi connectivity index (χ2v) is 12.8. The Kier molecular flexibility index (Phi) is 8.01. The maximum Gasteiger partial charge on any atom is 0.262 e. The molecule has 0 saturated carbocycles. The molecule has 0 spiro atoms. The fourth-order valence-electron chi connectivity index (χ4n) is 3.96. The quantitative estimate of drug-likeness (QED) is 0.231. The fourth-order valence-corrected chi connectivity index (χ4v) is 6.51. The molecular formula is C28H26ClN3O5S2. The molecule has 4 rings (SSSR count). The van der Waals surface area contributed by atoms with E-state index in [4.69, 9.17) is 11.6 Å². The summed E-state index contributed by atoms with van der Waals surface area (Å²) in [6, 6.07) is 21.7. The highest BCUT2D eigenvalue weighted by Gasteiger charge is 2.20. The standard InChI is InChI=1S/C28H26ClN3O5S2/c1-18-13-19(2)15-25(14-18)32-39(36,37)27-16-21(8-7-20(27)3)28(33)30-23-9-11-26(12-10-23)38(34,35)31-24-6-4-5-22(29)17-24/h4-17,31-32H,1-3H3,(H,30,33). The number of benzene rings is 4. The second kappa shape index (κ2) is 11.1. The average molecular weight is 584 g/mol. The number of sulfonamides is 2. The zero-order chi connectivity index (χ0) is 28.4. The third-order valence-electron chi connectivity index (χ3n) is 5.71. The van der Waals surface area contributed by atoms with Crippen molar-refractivity contribution in [2.75, 3.05) is 14.8 Å². The molecule has 3 N–H and O–H groups in total. The molecule has 0 aliphatic carbocycles. The lowest BCUT2D eigenvalue weighted by atomic mass is 10.1. The van der Waals surface area contributed by atoms with E-state index in [1.165, 1.54) is 42.5 Å². The van der Waals surface area contributed by atoms with Crippen LogP contribution in [0.4, 0.5) is 17.1 Å². The smallest absolute Gasteiger partial charge is 0.262 e. The third-order valence-corrected chi connectivity index (χ3v) is 8.87. The molecule has 0 unspecified atom stereocenters. The lowest BCUT2D eigenvalue weighted by molar-refractivity contribution is 0.102. The summed E-state index contributed by atoms with van der Waals surface area (Å²) in [5.41, 5.74) is 3.51. The first-order valence-corrected chi connectivity index (χ1v) is 15.1. The number of hydrogen-bond donors (Lipinski definition) is 3. The lowest BCUT2D eigenvalue weighted by Gasteiger charge is -2.13. The Labute approximate surface area is 233 Å². The molecule has 0 bridgehead atoms. The molecule has 0 fully saturated rings. The Morgan fingerprint density at radius 1 is 0.667 bits per heavy atom. The van der Waals surface area contributed by atoms with E-state index >= 15 is 0 Å². The van der Waals surface area contributed by atoms with Crippen molar-refractivity contribution in [2.45, 2.75) is 30.6 Å². The van der Waals surface area contributed by atoms with E-state index in [2.05, 4.69) is 14.8 Å². The van der Waals surface area contributed by atoms with Gasteiger partial charge in [0.1, 0.15) is 0 Å². The Morgan fingerprint density at radius 3 is 1.95 bits per heavy atom. The van der Waals surface area contributed by atoms with Gasteiger partial charge in [0.25, 0.3) is 26.0 Å². The SMILES string of the molecule is Cc1cc(C)cc(NS(=O)(=O)c2cc(C(=O)Nc3ccc(S(=O)(=O)Nc4cccc(Cl)c4)cc3)ccc2C)c1. The van der Waals surface area contributed by atoms with Gasteiger partial charge in [-0.2, -0.15) is 0 Å². The van der Waals surface area contributed by atoms with Crippen molar-refractivity contribution < 1.29 is 21.6 Å². The van der Waals surface area contributed by atoms with Crippen molar-refractivity contribution in [1.82, 2.24) is 0 Å². The largest absolute Gasteiger partial charge is 0.322 e. The Balaban J connectivity index is 1.50. The van der Waals surface area contributed by atoms with E-state index in [9.17, 15) is 21.6 Å². The van der Waals surface area contributed by atoms with Crippen molar-refractivity contribution in [2.24, 2.45) is 0 Å². The topological polar surface area (TPSA) is 121 Å².